The first kappa shape index (κ1) is 21.6. The minimum absolute atomic E-state index is 0.328. The second-order valence-electron chi connectivity index (χ2n) is 7.14. The summed E-state index contributed by atoms with van der Waals surface area (Å²) in [4.78, 5) is 15.6. The monoisotopic (exact) mass is 388 g/mol. The van der Waals surface area contributed by atoms with Gasteiger partial charge in [0.15, 0.2) is 0 Å². The number of rotatable bonds is 5. The molecule has 1 aliphatic rings. The van der Waals surface area contributed by atoms with Crippen molar-refractivity contribution >= 4 is 12.6 Å². The summed E-state index contributed by atoms with van der Waals surface area (Å²) in [5.74, 6) is 0.691. The van der Waals surface area contributed by atoms with Gasteiger partial charge < -0.3 is 4.74 Å². The molecule has 3 heterocycles. The summed E-state index contributed by atoms with van der Waals surface area (Å²) in [6.07, 6.45) is 9.13. The molecular formula is C21H32N4OS. The third kappa shape index (κ3) is 6.18. The largest absolute Gasteiger partial charge is 0.467 e. The normalized spacial score (nSPS) is 18.4. The SMILES string of the molecule is COc1ncc(C(C)N2CCC[C@H](Cc3cc(C)nc(C)c3)C2)cn1.CS. The predicted molar refractivity (Wildman–Crippen MR) is 114 cm³/mol. The van der Waals surface area contributed by atoms with E-state index in [1.807, 2.05) is 12.4 Å². The highest BCUT2D eigenvalue weighted by molar-refractivity contribution is 7.79. The van der Waals surface area contributed by atoms with Gasteiger partial charge in [0.1, 0.15) is 0 Å². The Kier molecular flexibility index (Phi) is 8.51. The second kappa shape index (κ2) is 10.6. The van der Waals surface area contributed by atoms with Gasteiger partial charge in [-0.2, -0.15) is 12.6 Å². The molecule has 1 aliphatic heterocycles. The van der Waals surface area contributed by atoms with Crippen molar-refractivity contribution in [3.8, 4) is 6.01 Å². The van der Waals surface area contributed by atoms with Crippen LogP contribution in [0.15, 0.2) is 24.5 Å². The lowest BCUT2D eigenvalue weighted by Crippen LogP contribution is -2.38. The van der Waals surface area contributed by atoms with E-state index in [2.05, 4.69) is 65.4 Å². The fraction of sp³-hybridized carbons (Fsp3) is 0.571. The van der Waals surface area contributed by atoms with Crippen molar-refractivity contribution < 1.29 is 4.74 Å². The van der Waals surface area contributed by atoms with Gasteiger partial charge in [-0.3, -0.25) is 9.88 Å². The van der Waals surface area contributed by atoms with E-state index in [1.54, 1.807) is 13.4 Å². The molecule has 0 aromatic carbocycles. The zero-order valence-corrected chi connectivity index (χ0v) is 18.0. The Labute approximate surface area is 169 Å². The zero-order valence-electron chi connectivity index (χ0n) is 17.1. The highest BCUT2D eigenvalue weighted by Crippen LogP contribution is 2.28. The van der Waals surface area contributed by atoms with Gasteiger partial charge in [-0.1, -0.05) is 0 Å². The number of hydrogen-bond acceptors (Lipinski definition) is 6. The number of hydrogen-bond donors (Lipinski definition) is 1. The number of ether oxygens (including phenoxy) is 1. The van der Waals surface area contributed by atoms with Crippen LogP contribution in [0.4, 0.5) is 0 Å². The molecule has 0 N–H and O–H groups in total. The number of pyridine rings is 1. The van der Waals surface area contributed by atoms with E-state index in [9.17, 15) is 0 Å². The summed E-state index contributed by atoms with van der Waals surface area (Å²) in [6.45, 7) is 8.66. The van der Waals surface area contributed by atoms with Crippen LogP contribution in [0, 0.1) is 19.8 Å². The molecule has 0 amide bonds. The Morgan fingerprint density at radius 2 is 1.81 bits per heavy atom. The Hall–Kier alpha value is -1.66. The van der Waals surface area contributed by atoms with Crippen LogP contribution >= 0.6 is 12.6 Å². The average molecular weight is 389 g/mol. The van der Waals surface area contributed by atoms with Crippen molar-refractivity contribution in [1.29, 1.82) is 0 Å². The van der Waals surface area contributed by atoms with Crippen LogP contribution in [0.1, 0.15) is 48.3 Å². The minimum Gasteiger partial charge on any atom is -0.467 e. The molecule has 6 heteroatoms. The number of methoxy groups -OCH3 is 1. The van der Waals surface area contributed by atoms with E-state index in [0.29, 0.717) is 18.0 Å². The maximum absolute atomic E-state index is 5.06. The van der Waals surface area contributed by atoms with Gasteiger partial charge in [-0.15, -0.1) is 0 Å². The van der Waals surface area contributed by atoms with E-state index in [4.69, 9.17) is 4.74 Å². The number of aromatic nitrogens is 3. The van der Waals surface area contributed by atoms with Crippen molar-refractivity contribution in [2.45, 2.75) is 46.1 Å². The van der Waals surface area contributed by atoms with Crippen LogP contribution in [-0.4, -0.2) is 46.3 Å². The van der Waals surface area contributed by atoms with Gasteiger partial charge in [0.05, 0.1) is 7.11 Å². The third-order valence-corrected chi connectivity index (χ3v) is 5.08. The first-order valence-electron chi connectivity index (χ1n) is 9.54. The standard InChI is InChI=1S/C20H28N4O.CH4S/c1-14-8-18(9-15(2)23-14)10-17-6-5-7-24(13-17)16(3)19-11-21-20(25-4)22-12-19;1-2/h8-9,11-12,16-17H,5-7,10,13H2,1-4H3;2H,1H3/t16?,17-;/m1./s1. The number of likely N-dealkylation sites (tertiary alicyclic amines) is 1. The molecule has 0 spiro atoms. The van der Waals surface area contributed by atoms with E-state index in [0.717, 1.165) is 36.5 Å². The van der Waals surface area contributed by atoms with Gasteiger partial charge in [0.25, 0.3) is 0 Å². The fourth-order valence-electron chi connectivity index (χ4n) is 3.85. The van der Waals surface area contributed by atoms with E-state index < -0.39 is 0 Å². The molecular weight excluding hydrogens is 356 g/mol. The Morgan fingerprint density at radius 3 is 2.41 bits per heavy atom. The van der Waals surface area contributed by atoms with Crippen LogP contribution < -0.4 is 4.74 Å². The molecule has 1 fully saturated rings. The van der Waals surface area contributed by atoms with Crippen LogP contribution in [0.25, 0.3) is 0 Å². The van der Waals surface area contributed by atoms with Gasteiger partial charge >= 0.3 is 6.01 Å². The molecule has 3 rings (SSSR count). The van der Waals surface area contributed by atoms with Gasteiger partial charge in [0, 0.05) is 41.9 Å². The number of thiol groups is 1. The molecule has 1 saturated heterocycles. The first-order valence-corrected chi connectivity index (χ1v) is 10.4. The van der Waals surface area contributed by atoms with Gasteiger partial charge in [-0.25, -0.2) is 9.97 Å². The van der Waals surface area contributed by atoms with E-state index in [-0.39, 0.29) is 0 Å². The minimum atomic E-state index is 0.328. The van der Waals surface area contributed by atoms with Gasteiger partial charge in [0.2, 0.25) is 0 Å². The van der Waals surface area contributed by atoms with Crippen LogP contribution in [0.5, 0.6) is 6.01 Å². The number of aryl methyl sites for hydroxylation is 2. The Bertz CT molecular complexity index is 688. The number of piperidine rings is 1. The predicted octanol–water partition coefficient (Wildman–Crippen LogP) is 4.06. The summed E-state index contributed by atoms with van der Waals surface area (Å²) in [5.41, 5.74) is 4.80. The highest BCUT2D eigenvalue weighted by Gasteiger charge is 2.25. The molecule has 0 bridgehead atoms. The van der Waals surface area contributed by atoms with Crippen LogP contribution in [0.3, 0.4) is 0 Å². The molecule has 5 nitrogen and oxygen atoms in total. The van der Waals surface area contributed by atoms with Crippen molar-refractivity contribution in [3.05, 3.63) is 47.0 Å². The van der Waals surface area contributed by atoms with Gasteiger partial charge in [-0.05, 0) is 76.4 Å². The fourth-order valence-corrected chi connectivity index (χ4v) is 3.85. The van der Waals surface area contributed by atoms with Crippen molar-refractivity contribution in [2.24, 2.45) is 5.92 Å². The summed E-state index contributed by atoms with van der Waals surface area (Å²) in [5, 5.41) is 0. The molecule has 2 aromatic rings. The summed E-state index contributed by atoms with van der Waals surface area (Å²) in [7, 11) is 1.59. The Balaban J connectivity index is 0.00000126. The average Bonchev–Trinajstić information content (AvgIpc) is 2.68. The first-order chi connectivity index (χ1) is 13.0. The van der Waals surface area contributed by atoms with Crippen LogP contribution in [-0.2, 0) is 6.42 Å². The molecule has 0 radical (unpaired) electrons. The lowest BCUT2D eigenvalue weighted by Gasteiger charge is -2.37. The smallest absolute Gasteiger partial charge is 0.316 e. The molecule has 148 valence electrons. The Morgan fingerprint density at radius 1 is 1.19 bits per heavy atom. The maximum atomic E-state index is 5.06. The molecule has 0 saturated carbocycles. The number of nitrogens with zero attached hydrogens (tertiary/aromatic N) is 4. The molecule has 27 heavy (non-hydrogen) atoms. The maximum Gasteiger partial charge on any atom is 0.316 e. The lowest BCUT2D eigenvalue weighted by molar-refractivity contribution is 0.131. The highest BCUT2D eigenvalue weighted by atomic mass is 32.1. The molecule has 2 aromatic heterocycles. The summed E-state index contributed by atoms with van der Waals surface area (Å²) in [6, 6.07) is 5.21. The van der Waals surface area contributed by atoms with Crippen LogP contribution in [0.2, 0.25) is 0 Å². The third-order valence-electron chi connectivity index (χ3n) is 5.08. The van der Waals surface area contributed by atoms with E-state index in [1.165, 1.54) is 18.4 Å². The summed E-state index contributed by atoms with van der Waals surface area (Å²) >= 11 is 3.53. The van der Waals surface area contributed by atoms with Crippen molar-refractivity contribution in [3.63, 3.8) is 0 Å². The van der Waals surface area contributed by atoms with Crippen molar-refractivity contribution in [2.75, 3.05) is 26.5 Å². The zero-order chi connectivity index (χ0) is 19.8. The quantitative estimate of drug-likeness (QED) is 0.783. The second-order valence-corrected chi connectivity index (χ2v) is 7.14. The van der Waals surface area contributed by atoms with E-state index >= 15 is 0 Å². The lowest BCUT2D eigenvalue weighted by atomic mass is 9.90. The molecule has 0 aliphatic carbocycles. The molecule has 1 unspecified atom stereocenters. The summed E-state index contributed by atoms with van der Waals surface area (Å²) < 4.78 is 5.06. The topological polar surface area (TPSA) is 51.1 Å². The van der Waals surface area contributed by atoms with Crippen molar-refractivity contribution in [1.82, 2.24) is 19.9 Å². The molecule has 2 atom stereocenters.